The normalized spacial score (nSPS) is 20.4. The van der Waals surface area contributed by atoms with E-state index in [-0.39, 0.29) is 18.0 Å². The molecule has 0 spiro atoms. The number of hydrogen-bond donors (Lipinski definition) is 2. The van der Waals surface area contributed by atoms with E-state index >= 15 is 0 Å². The minimum absolute atomic E-state index is 0.216. The monoisotopic (exact) mass is 338 g/mol. The molecule has 2 atom stereocenters. The van der Waals surface area contributed by atoms with Crippen LogP contribution < -0.4 is 15.4 Å². The smallest absolute Gasteiger partial charge is 0.314 e. The molecule has 0 aliphatic carbocycles. The Kier molecular flexibility index (Phi) is 6.81. The lowest BCUT2D eigenvalue weighted by molar-refractivity contribution is 0.114. The number of ether oxygens (including phenoxy) is 1. The molecule has 0 bridgehead atoms. The highest BCUT2D eigenvalue weighted by Crippen LogP contribution is 2.13. The quantitative estimate of drug-likeness (QED) is 0.817. The SMILES string of the molecule is C[C@@H](CNC(=O)NC[C@@H]1CN(C)CCN1C)Oc1cccc(F)c1. The molecular weight excluding hydrogens is 311 g/mol. The molecule has 24 heavy (non-hydrogen) atoms. The summed E-state index contributed by atoms with van der Waals surface area (Å²) in [4.78, 5) is 16.4. The number of carbonyl (C=O) groups excluding carboxylic acids is 1. The minimum Gasteiger partial charge on any atom is -0.489 e. The van der Waals surface area contributed by atoms with E-state index in [1.807, 2.05) is 6.92 Å². The fourth-order valence-electron chi connectivity index (χ4n) is 2.65. The van der Waals surface area contributed by atoms with Gasteiger partial charge < -0.3 is 20.3 Å². The molecule has 1 aromatic carbocycles. The lowest BCUT2D eigenvalue weighted by Gasteiger charge is -2.37. The standard InChI is InChI=1S/C17H27FN4O2/c1-13(24-16-6-4-5-14(18)9-16)10-19-17(23)20-11-15-12-21(2)7-8-22(15)3/h4-6,9,13,15H,7-8,10-12H2,1-3H3,(H2,19,20,23)/t13-,15+/m0/s1. The number of amides is 2. The van der Waals surface area contributed by atoms with Gasteiger partial charge in [-0.2, -0.15) is 0 Å². The van der Waals surface area contributed by atoms with Crippen LogP contribution in [0.2, 0.25) is 0 Å². The number of piperazine rings is 1. The van der Waals surface area contributed by atoms with Crippen molar-refractivity contribution in [1.82, 2.24) is 20.4 Å². The minimum atomic E-state index is -0.341. The highest BCUT2D eigenvalue weighted by Gasteiger charge is 2.22. The van der Waals surface area contributed by atoms with Crippen molar-refractivity contribution in [3.05, 3.63) is 30.1 Å². The predicted molar refractivity (Wildman–Crippen MR) is 91.8 cm³/mol. The number of likely N-dealkylation sites (N-methyl/N-ethyl adjacent to an activating group) is 2. The molecule has 0 radical (unpaired) electrons. The van der Waals surface area contributed by atoms with Gasteiger partial charge >= 0.3 is 6.03 Å². The number of benzene rings is 1. The fourth-order valence-corrected chi connectivity index (χ4v) is 2.65. The first kappa shape index (κ1) is 18.5. The molecule has 134 valence electrons. The summed E-state index contributed by atoms with van der Waals surface area (Å²) in [5.74, 6) is 0.114. The van der Waals surface area contributed by atoms with Crippen molar-refractivity contribution < 1.29 is 13.9 Å². The molecule has 2 amide bonds. The van der Waals surface area contributed by atoms with Gasteiger partial charge in [-0.1, -0.05) is 6.07 Å². The van der Waals surface area contributed by atoms with Gasteiger partial charge in [-0.05, 0) is 33.2 Å². The van der Waals surface area contributed by atoms with E-state index in [9.17, 15) is 9.18 Å². The zero-order valence-electron chi connectivity index (χ0n) is 14.6. The molecule has 0 aromatic heterocycles. The molecule has 2 rings (SSSR count). The Bertz CT molecular complexity index is 543. The van der Waals surface area contributed by atoms with Crippen molar-refractivity contribution in [2.75, 3.05) is 46.8 Å². The van der Waals surface area contributed by atoms with Gasteiger partial charge in [-0.25, -0.2) is 9.18 Å². The summed E-state index contributed by atoms with van der Waals surface area (Å²) >= 11 is 0. The highest BCUT2D eigenvalue weighted by atomic mass is 19.1. The summed E-state index contributed by atoms with van der Waals surface area (Å²) in [6.45, 7) is 5.77. The predicted octanol–water partition coefficient (Wildman–Crippen LogP) is 1.14. The number of rotatable bonds is 6. The Hall–Kier alpha value is -1.86. The second kappa shape index (κ2) is 8.84. The lowest BCUT2D eigenvalue weighted by Crippen LogP contribution is -2.55. The topological polar surface area (TPSA) is 56.8 Å². The van der Waals surface area contributed by atoms with Gasteiger partial charge in [0.05, 0.1) is 6.54 Å². The van der Waals surface area contributed by atoms with Crippen LogP contribution in [0.25, 0.3) is 0 Å². The molecule has 2 N–H and O–H groups in total. The lowest BCUT2D eigenvalue weighted by atomic mass is 10.2. The number of carbonyl (C=O) groups is 1. The van der Waals surface area contributed by atoms with Crippen molar-refractivity contribution in [1.29, 1.82) is 0 Å². The van der Waals surface area contributed by atoms with Crippen molar-refractivity contribution in [2.45, 2.75) is 19.1 Å². The van der Waals surface area contributed by atoms with Crippen molar-refractivity contribution in [2.24, 2.45) is 0 Å². The van der Waals surface area contributed by atoms with E-state index in [0.717, 1.165) is 19.6 Å². The summed E-state index contributed by atoms with van der Waals surface area (Å²) in [5.41, 5.74) is 0. The Morgan fingerprint density at radius 1 is 1.38 bits per heavy atom. The van der Waals surface area contributed by atoms with E-state index in [0.29, 0.717) is 24.9 Å². The number of halogens is 1. The molecule has 7 heteroatoms. The molecular formula is C17H27FN4O2. The van der Waals surface area contributed by atoms with Crippen LogP contribution >= 0.6 is 0 Å². The zero-order chi connectivity index (χ0) is 17.5. The largest absolute Gasteiger partial charge is 0.489 e. The Balaban J connectivity index is 1.67. The average Bonchev–Trinajstić information content (AvgIpc) is 2.54. The maximum Gasteiger partial charge on any atom is 0.314 e. The van der Waals surface area contributed by atoms with Crippen LogP contribution in [-0.2, 0) is 0 Å². The first-order valence-electron chi connectivity index (χ1n) is 8.26. The van der Waals surface area contributed by atoms with Gasteiger partial charge in [-0.3, -0.25) is 4.90 Å². The van der Waals surface area contributed by atoms with E-state index in [2.05, 4.69) is 34.5 Å². The second-order valence-electron chi connectivity index (χ2n) is 6.37. The summed E-state index contributed by atoms with van der Waals surface area (Å²) in [7, 11) is 4.16. The summed E-state index contributed by atoms with van der Waals surface area (Å²) in [6.07, 6.45) is -0.249. The van der Waals surface area contributed by atoms with Crippen LogP contribution in [-0.4, -0.2) is 74.8 Å². The van der Waals surface area contributed by atoms with Gasteiger partial charge in [-0.15, -0.1) is 0 Å². The fraction of sp³-hybridized carbons (Fsp3) is 0.588. The van der Waals surface area contributed by atoms with Crippen LogP contribution in [0, 0.1) is 5.82 Å². The average molecular weight is 338 g/mol. The van der Waals surface area contributed by atoms with Gasteiger partial charge in [0.25, 0.3) is 0 Å². The van der Waals surface area contributed by atoms with Crippen LogP contribution in [0.3, 0.4) is 0 Å². The van der Waals surface area contributed by atoms with Gasteiger partial charge in [0.15, 0.2) is 0 Å². The van der Waals surface area contributed by atoms with Crippen LogP contribution in [0.4, 0.5) is 9.18 Å². The maximum absolute atomic E-state index is 13.1. The first-order valence-corrected chi connectivity index (χ1v) is 8.26. The third-order valence-corrected chi connectivity index (χ3v) is 4.16. The molecule has 1 aromatic rings. The molecule has 0 unspecified atom stereocenters. The van der Waals surface area contributed by atoms with E-state index in [1.54, 1.807) is 12.1 Å². The maximum atomic E-state index is 13.1. The van der Waals surface area contributed by atoms with Crippen molar-refractivity contribution in [3.8, 4) is 5.75 Å². The van der Waals surface area contributed by atoms with Crippen molar-refractivity contribution in [3.63, 3.8) is 0 Å². The summed E-state index contributed by atoms with van der Waals surface area (Å²) in [5, 5.41) is 5.68. The first-order chi connectivity index (χ1) is 11.4. The van der Waals surface area contributed by atoms with E-state index in [1.165, 1.54) is 12.1 Å². The van der Waals surface area contributed by atoms with Gasteiger partial charge in [0.2, 0.25) is 0 Å². The number of hydrogen-bond acceptors (Lipinski definition) is 4. The summed E-state index contributed by atoms with van der Waals surface area (Å²) < 4.78 is 18.7. The highest BCUT2D eigenvalue weighted by molar-refractivity contribution is 5.73. The van der Waals surface area contributed by atoms with E-state index in [4.69, 9.17) is 4.74 Å². The van der Waals surface area contributed by atoms with Gasteiger partial charge in [0.1, 0.15) is 17.7 Å². The third kappa shape index (κ3) is 5.98. The Labute approximate surface area is 142 Å². The number of nitrogens with one attached hydrogen (secondary N) is 2. The van der Waals surface area contributed by atoms with E-state index < -0.39 is 0 Å². The van der Waals surface area contributed by atoms with Crippen LogP contribution in [0.1, 0.15) is 6.92 Å². The molecule has 1 aliphatic rings. The molecule has 1 heterocycles. The molecule has 6 nitrogen and oxygen atoms in total. The number of nitrogens with zero attached hydrogens (tertiary/aromatic N) is 2. The third-order valence-electron chi connectivity index (χ3n) is 4.16. The van der Waals surface area contributed by atoms with Crippen LogP contribution in [0.15, 0.2) is 24.3 Å². The van der Waals surface area contributed by atoms with Crippen molar-refractivity contribution >= 4 is 6.03 Å². The Morgan fingerprint density at radius 3 is 2.92 bits per heavy atom. The molecule has 1 aliphatic heterocycles. The molecule has 1 saturated heterocycles. The Morgan fingerprint density at radius 2 is 2.17 bits per heavy atom. The zero-order valence-corrected chi connectivity index (χ0v) is 14.6. The molecule has 0 saturated carbocycles. The van der Waals surface area contributed by atoms with Crippen LogP contribution in [0.5, 0.6) is 5.75 Å². The number of urea groups is 1. The molecule has 1 fully saturated rings. The summed E-state index contributed by atoms with van der Waals surface area (Å²) in [6, 6.07) is 6.07. The van der Waals surface area contributed by atoms with Gasteiger partial charge in [0, 0.05) is 38.3 Å². The second-order valence-corrected chi connectivity index (χ2v) is 6.37.